The molecule has 9 heteroatoms. The molecule has 1 aliphatic carbocycles. The number of fused-ring (bicyclic) bond motifs is 1. The molecular weight excluding hydrogens is 384 g/mol. The number of oxazole rings is 1. The molecule has 1 aliphatic rings. The van der Waals surface area contributed by atoms with Gasteiger partial charge in [0.15, 0.2) is 12.2 Å². The molecular formula is C19H18N2O6S. The summed E-state index contributed by atoms with van der Waals surface area (Å²) in [5.74, 6) is -0.275. The normalized spacial score (nSPS) is 14.2. The van der Waals surface area contributed by atoms with Crippen LogP contribution in [0.3, 0.4) is 0 Å². The number of rotatable bonds is 7. The van der Waals surface area contributed by atoms with Gasteiger partial charge in [0, 0.05) is 6.04 Å². The van der Waals surface area contributed by atoms with Gasteiger partial charge < -0.3 is 13.9 Å². The Morgan fingerprint density at radius 3 is 2.75 bits per heavy atom. The van der Waals surface area contributed by atoms with Crippen LogP contribution in [0.2, 0.25) is 0 Å². The summed E-state index contributed by atoms with van der Waals surface area (Å²) in [4.78, 5) is 16.5. The minimum absolute atomic E-state index is 0.0653. The van der Waals surface area contributed by atoms with Gasteiger partial charge in [-0.1, -0.05) is 12.1 Å². The molecule has 0 aliphatic heterocycles. The number of carbonyl (C=O) groups is 1. The zero-order valence-electron chi connectivity index (χ0n) is 15.0. The maximum absolute atomic E-state index is 12.5. The average molecular weight is 402 g/mol. The number of sulfonamides is 1. The van der Waals surface area contributed by atoms with E-state index in [1.54, 1.807) is 12.1 Å². The molecule has 0 bridgehead atoms. The summed E-state index contributed by atoms with van der Waals surface area (Å²) in [7, 11) is -2.42. The minimum Gasteiger partial charge on any atom is -0.495 e. The van der Waals surface area contributed by atoms with Gasteiger partial charge in [-0.25, -0.2) is 22.9 Å². The highest BCUT2D eigenvalue weighted by Crippen LogP contribution is 2.28. The van der Waals surface area contributed by atoms with Gasteiger partial charge in [0.1, 0.15) is 16.2 Å². The lowest BCUT2D eigenvalue weighted by molar-refractivity contribution is 0.0440. The molecule has 1 N–H and O–H groups in total. The second-order valence-electron chi connectivity index (χ2n) is 6.41. The van der Waals surface area contributed by atoms with E-state index in [0.29, 0.717) is 11.1 Å². The molecule has 28 heavy (non-hydrogen) atoms. The van der Waals surface area contributed by atoms with Crippen LogP contribution in [0.4, 0.5) is 0 Å². The zero-order valence-corrected chi connectivity index (χ0v) is 15.9. The molecule has 1 heterocycles. The number of hydrogen-bond donors (Lipinski definition) is 1. The predicted octanol–water partition coefficient (Wildman–Crippen LogP) is 2.63. The van der Waals surface area contributed by atoms with Gasteiger partial charge in [0.05, 0.1) is 12.7 Å². The van der Waals surface area contributed by atoms with Gasteiger partial charge in [-0.15, -0.1) is 0 Å². The number of ether oxygens (including phenoxy) is 2. The molecule has 1 saturated carbocycles. The standard InChI is InChI=1S/C19H18N2O6S/c1-25-16-9-6-12(10-17(16)28(23,24)21-13-7-8-13)19(22)26-11-18-20-14-4-2-3-5-15(14)27-18/h2-6,9-10,13,21H,7-8,11H2,1H3. The Bertz CT molecular complexity index is 1100. The summed E-state index contributed by atoms with van der Waals surface area (Å²) in [5.41, 5.74) is 1.35. The number of aromatic nitrogens is 1. The molecule has 0 radical (unpaired) electrons. The van der Waals surface area contributed by atoms with E-state index >= 15 is 0 Å². The van der Waals surface area contributed by atoms with Crippen molar-refractivity contribution in [3.63, 3.8) is 0 Å². The Kier molecular flexibility index (Phi) is 4.78. The van der Waals surface area contributed by atoms with Gasteiger partial charge in [0.25, 0.3) is 0 Å². The van der Waals surface area contributed by atoms with Crippen LogP contribution in [-0.2, 0) is 21.4 Å². The summed E-state index contributed by atoms with van der Waals surface area (Å²) in [6.07, 6.45) is 1.60. The van der Waals surface area contributed by atoms with Crippen LogP contribution in [0.15, 0.2) is 51.8 Å². The van der Waals surface area contributed by atoms with Crippen LogP contribution < -0.4 is 9.46 Å². The molecule has 1 fully saturated rings. The molecule has 0 saturated heterocycles. The van der Waals surface area contributed by atoms with Crippen LogP contribution in [0.5, 0.6) is 5.75 Å². The first-order valence-electron chi connectivity index (χ1n) is 8.68. The van der Waals surface area contributed by atoms with Gasteiger partial charge in [-0.3, -0.25) is 0 Å². The van der Waals surface area contributed by atoms with Crippen LogP contribution in [0.1, 0.15) is 29.1 Å². The summed E-state index contributed by atoms with van der Waals surface area (Å²) in [6.45, 7) is -0.165. The predicted molar refractivity (Wildman–Crippen MR) is 99.5 cm³/mol. The number of hydrogen-bond acceptors (Lipinski definition) is 7. The summed E-state index contributed by atoms with van der Waals surface area (Å²) < 4.78 is 43.5. The molecule has 3 aromatic rings. The van der Waals surface area contributed by atoms with Crippen molar-refractivity contribution in [3.8, 4) is 5.75 Å². The Morgan fingerprint density at radius 2 is 2.04 bits per heavy atom. The second kappa shape index (κ2) is 7.25. The number of nitrogens with zero attached hydrogens (tertiary/aromatic N) is 1. The summed E-state index contributed by atoms with van der Waals surface area (Å²) >= 11 is 0. The van der Waals surface area contributed by atoms with Crippen molar-refractivity contribution in [3.05, 3.63) is 53.9 Å². The molecule has 146 valence electrons. The molecule has 0 atom stereocenters. The highest BCUT2D eigenvalue weighted by molar-refractivity contribution is 7.89. The SMILES string of the molecule is COc1ccc(C(=O)OCc2nc3ccccc3o2)cc1S(=O)(=O)NC1CC1. The lowest BCUT2D eigenvalue weighted by Crippen LogP contribution is -2.26. The quantitative estimate of drug-likeness (QED) is 0.605. The van der Waals surface area contributed by atoms with E-state index in [4.69, 9.17) is 13.9 Å². The highest BCUT2D eigenvalue weighted by Gasteiger charge is 2.30. The lowest BCUT2D eigenvalue weighted by Gasteiger charge is -2.11. The fourth-order valence-corrected chi connectivity index (χ4v) is 4.19. The average Bonchev–Trinajstić information content (AvgIpc) is 3.39. The molecule has 0 amide bonds. The van der Waals surface area contributed by atoms with Crippen LogP contribution in [0, 0.1) is 0 Å². The first-order valence-corrected chi connectivity index (χ1v) is 10.2. The van der Waals surface area contributed by atoms with Crippen molar-refractivity contribution >= 4 is 27.1 Å². The molecule has 0 unspecified atom stereocenters. The Labute approximate surface area is 161 Å². The fraction of sp³-hybridized carbons (Fsp3) is 0.263. The highest BCUT2D eigenvalue weighted by atomic mass is 32.2. The van der Waals surface area contributed by atoms with Gasteiger partial charge in [-0.2, -0.15) is 0 Å². The largest absolute Gasteiger partial charge is 0.495 e. The number of carbonyl (C=O) groups excluding carboxylic acids is 1. The lowest BCUT2D eigenvalue weighted by atomic mass is 10.2. The fourth-order valence-electron chi connectivity index (χ4n) is 2.69. The number of benzene rings is 2. The Morgan fingerprint density at radius 1 is 1.25 bits per heavy atom. The van der Waals surface area contributed by atoms with Crippen molar-refractivity contribution in [2.45, 2.75) is 30.4 Å². The van der Waals surface area contributed by atoms with E-state index in [0.717, 1.165) is 12.8 Å². The maximum atomic E-state index is 12.5. The van der Waals surface area contributed by atoms with Crippen molar-refractivity contribution < 1.29 is 27.1 Å². The molecule has 2 aromatic carbocycles. The summed E-state index contributed by atoms with van der Waals surface area (Å²) in [6, 6.07) is 11.3. The Balaban J connectivity index is 1.52. The van der Waals surface area contributed by atoms with Crippen molar-refractivity contribution in [1.82, 2.24) is 9.71 Å². The third-order valence-corrected chi connectivity index (χ3v) is 5.79. The monoisotopic (exact) mass is 402 g/mol. The van der Waals surface area contributed by atoms with E-state index in [9.17, 15) is 13.2 Å². The number of esters is 1. The van der Waals surface area contributed by atoms with E-state index < -0.39 is 16.0 Å². The van der Waals surface area contributed by atoms with E-state index in [-0.39, 0.29) is 34.7 Å². The van der Waals surface area contributed by atoms with E-state index in [1.807, 2.05) is 12.1 Å². The maximum Gasteiger partial charge on any atom is 0.338 e. The second-order valence-corrected chi connectivity index (χ2v) is 8.10. The molecule has 4 rings (SSSR count). The zero-order chi connectivity index (χ0) is 19.7. The van der Waals surface area contributed by atoms with Crippen LogP contribution in [0.25, 0.3) is 11.1 Å². The van der Waals surface area contributed by atoms with Crippen molar-refractivity contribution in [1.29, 1.82) is 0 Å². The molecule has 0 spiro atoms. The topological polar surface area (TPSA) is 108 Å². The van der Waals surface area contributed by atoms with Crippen LogP contribution in [-0.4, -0.2) is 32.5 Å². The smallest absolute Gasteiger partial charge is 0.338 e. The first kappa shape index (κ1) is 18.5. The van der Waals surface area contributed by atoms with Gasteiger partial charge >= 0.3 is 5.97 Å². The molecule has 1 aromatic heterocycles. The third-order valence-electron chi connectivity index (χ3n) is 4.25. The number of para-hydroxylation sites is 2. The van der Waals surface area contributed by atoms with Gasteiger partial charge in [-0.05, 0) is 43.2 Å². The van der Waals surface area contributed by atoms with Crippen molar-refractivity contribution in [2.75, 3.05) is 7.11 Å². The number of nitrogens with one attached hydrogen (secondary N) is 1. The van der Waals surface area contributed by atoms with Gasteiger partial charge in [0.2, 0.25) is 15.9 Å². The third kappa shape index (κ3) is 3.85. The van der Waals surface area contributed by atoms with E-state index in [2.05, 4.69) is 9.71 Å². The Hall–Kier alpha value is -2.91. The number of methoxy groups -OCH3 is 1. The molecule has 8 nitrogen and oxygen atoms in total. The minimum atomic E-state index is -3.79. The van der Waals surface area contributed by atoms with Crippen molar-refractivity contribution in [2.24, 2.45) is 0 Å². The summed E-state index contributed by atoms with van der Waals surface area (Å²) in [5, 5.41) is 0. The van der Waals surface area contributed by atoms with E-state index in [1.165, 1.54) is 25.3 Å². The van der Waals surface area contributed by atoms with Crippen LogP contribution >= 0.6 is 0 Å². The first-order chi connectivity index (χ1) is 13.5.